The van der Waals surface area contributed by atoms with E-state index in [1.54, 1.807) is 24.3 Å². The van der Waals surface area contributed by atoms with Gasteiger partial charge in [0.15, 0.2) is 5.78 Å². The van der Waals surface area contributed by atoms with E-state index in [-0.39, 0.29) is 74.6 Å². The van der Waals surface area contributed by atoms with Crippen molar-refractivity contribution >= 4 is 11.9 Å². The summed E-state index contributed by atoms with van der Waals surface area (Å²) in [6.07, 6.45) is -1.63. The largest absolute Gasteiger partial charge is 0.508 e. The molecule has 73 heavy (non-hydrogen) atoms. The van der Waals surface area contributed by atoms with Crippen molar-refractivity contribution in [1.29, 1.82) is 0 Å². The number of hydrogen-bond donors (Lipinski definition) is 2. The van der Waals surface area contributed by atoms with Crippen LogP contribution in [-0.2, 0) is 63.3 Å². The van der Waals surface area contributed by atoms with Crippen molar-refractivity contribution in [1.82, 2.24) is 0 Å². The third kappa shape index (κ3) is 13.8. The molecule has 2 N–H and O–H groups in total. The van der Waals surface area contributed by atoms with E-state index in [1.165, 1.54) is 18.2 Å². The third-order valence-electron chi connectivity index (χ3n) is 12.5. The monoisotopic (exact) mass is 974 g/mol. The van der Waals surface area contributed by atoms with Crippen LogP contribution in [0.5, 0.6) is 23.0 Å². The highest BCUT2D eigenvalue weighted by molar-refractivity contribution is 6.11. The van der Waals surface area contributed by atoms with Crippen molar-refractivity contribution in [3.8, 4) is 23.0 Å². The minimum absolute atomic E-state index is 0.0574. The average Bonchev–Trinajstić information content (AvgIpc) is 3.44. The Balaban J connectivity index is 1.21. The van der Waals surface area contributed by atoms with Crippen LogP contribution in [0.25, 0.3) is 6.08 Å². The summed E-state index contributed by atoms with van der Waals surface area (Å²) in [5.74, 6) is -0.578. The smallest absolute Gasteiger partial charge is 0.193 e. The van der Waals surface area contributed by atoms with Crippen LogP contribution in [-0.4, -0.2) is 47.0 Å². The van der Waals surface area contributed by atoms with Gasteiger partial charge in [0.2, 0.25) is 0 Å². The van der Waals surface area contributed by atoms with Gasteiger partial charge >= 0.3 is 0 Å². The second-order valence-corrected chi connectivity index (χ2v) is 17.7. The predicted octanol–water partition coefficient (Wildman–Crippen LogP) is 12.6. The summed E-state index contributed by atoms with van der Waals surface area (Å²) in [5.41, 5.74) is 6.15. The van der Waals surface area contributed by atoms with Crippen LogP contribution >= 0.6 is 0 Å². The molecule has 8 aromatic rings. The molecule has 8 aromatic carbocycles. The van der Waals surface area contributed by atoms with Gasteiger partial charge in [-0.05, 0) is 57.2 Å². The molecule has 0 amide bonds. The van der Waals surface area contributed by atoms with Gasteiger partial charge in [-0.2, -0.15) is 0 Å². The first-order chi connectivity index (χ1) is 35.9. The highest BCUT2D eigenvalue weighted by Gasteiger charge is 2.51. The molecule has 9 rings (SSSR count). The molecule has 0 radical (unpaired) electrons. The number of rotatable bonds is 23. The van der Waals surface area contributed by atoms with E-state index in [1.807, 2.05) is 182 Å². The lowest BCUT2D eigenvalue weighted by molar-refractivity contribution is -0.275. The Hall–Kier alpha value is -7.83. The topological polar surface area (TPSA) is 122 Å². The number of aromatic hydroxyl groups is 2. The molecule has 5 atom stereocenters. The van der Waals surface area contributed by atoms with E-state index in [9.17, 15) is 15.0 Å². The Bertz CT molecular complexity index is 2960. The van der Waals surface area contributed by atoms with E-state index >= 15 is 0 Å². The van der Waals surface area contributed by atoms with E-state index in [2.05, 4.69) is 0 Å². The molecular weight excluding hydrogens is 917 g/mol. The minimum Gasteiger partial charge on any atom is -0.508 e. The summed E-state index contributed by atoms with van der Waals surface area (Å²) in [6.45, 7) is 1.08. The molecule has 370 valence electrons. The highest BCUT2D eigenvalue weighted by atomic mass is 16.6. The number of phenols is 2. The fourth-order valence-electron chi connectivity index (χ4n) is 8.72. The lowest BCUT2D eigenvalue weighted by Crippen LogP contribution is -2.58. The van der Waals surface area contributed by atoms with Crippen LogP contribution in [0, 0.1) is 0 Å². The van der Waals surface area contributed by atoms with Gasteiger partial charge in [0.25, 0.3) is 0 Å². The van der Waals surface area contributed by atoms with Crippen molar-refractivity contribution in [3.05, 3.63) is 268 Å². The van der Waals surface area contributed by atoms with Gasteiger partial charge in [0.1, 0.15) is 72.3 Å². The number of allylic oxidation sites excluding steroid dienone is 1. The zero-order valence-corrected chi connectivity index (χ0v) is 40.4. The Labute approximate surface area is 426 Å². The number of carbonyl (C=O) groups excluding carboxylic acids is 1. The van der Waals surface area contributed by atoms with Crippen LogP contribution in [0.1, 0.15) is 61.0 Å². The number of carbonyl (C=O) groups is 1. The molecule has 10 heteroatoms. The maximum Gasteiger partial charge on any atom is 0.193 e. The van der Waals surface area contributed by atoms with Gasteiger partial charge in [0, 0.05) is 6.07 Å². The van der Waals surface area contributed by atoms with Crippen LogP contribution in [0.15, 0.2) is 218 Å². The van der Waals surface area contributed by atoms with Crippen molar-refractivity contribution < 1.29 is 48.2 Å². The summed E-state index contributed by atoms with van der Waals surface area (Å²) in [4.78, 5) is 14.8. The molecule has 0 aliphatic carbocycles. The fraction of sp³-hybridized carbons (Fsp3) is 0.190. The molecule has 0 bridgehead atoms. The zero-order chi connectivity index (χ0) is 50.0. The van der Waals surface area contributed by atoms with E-state index < -0.39 is 42.1 Å². The third-order valence-corrected chi connectivity index (χ3v) is 12.5. The van der Waals surface area contributed by atoms with E-state index in [0.29, 0.717) is 5.56 Å². The van der Waals surface area contributed by atoms with Crippen LogP contribution < -0.4 is 9.47 Å². The van der Waals surface area contributed by atoms with E-state index in [4.69, 9.17) is 33.2 Å². The quantitative estimate of drug-likeness (QED) is 0.0473. The van der Waals surface area contributed by atoms with Gasteiger partial charge in [-0.1, -0.05) is 200 Å². The van der Waals surface area contributed by atoms with Crippen molar-refractivity contribution in [2.45, 2.75) is 70.2 Å². The number of benzene rings is 8. The fourth-order valence-corrected chi connectivity index (χ4v) is 8.72. The summed E-state index contributed by atoms with van der Waals surface area (Å²) in [5, 5.41) is 23.1. The second-order valence-electron chi connectivity index (χ2n) is 17.7. The van der Waals surface area contributed by atoms with Gasteiger partial charge in [-0.25, -0.2) is 0 Å². The molecule has 10 nitrogen and oxygen atoms in total. The summed E-state index contributed by atoms with van der Waals surface area (Å²) < 4.78 is 48.2. The Morgan fingerprint density at radius 3 is 1.36 bits per heavy atom. The SMILES string of the molecule is O=C(/C=C/c1ccc(O)cc1)c1c(OCc2ccccc2)cc(OCc2ccccc2)c([C@@H]2O[C@H](COCc3ccccc3)[C@@H](OCc3ccccc3)[C@H](OCc3ccccc3)[C@H]2OCc2ccccc2)c1O. The van der Waals surface area contributed by atoms with Crippen molar-refractivity contribution in [2.24, 2.45) is 0 Å². The summed E-state index contributed by atoms with van der Waals surface area (Å²) in [6, 6.07) is 66.8. The Morgan fingerprint density at radius 1 is 0.466 bits per heavy atom. The molecule has 1 saturated heterocycles. The lowest BCUT2D eigenvalue weighted by atomic mass is 9.87. The molecule has 1 aliphatic rings. The highest BCUT2D eigenvalue weighted by Crippen LogP contribution is 2.49. The van der Waals surface area contributed by atoms with Crippen LogP contribution in [0.3, 0.4) is 0 Å². The average molecular weight is 975 g/mol. The molecule has 1 fully saturated rings. The first-order valence-corrected chi connectivity index (χ1v) is 24.4. The molecule has 0 aromatic heterocycles. The minimum atomic E-state index is -1.16. The van der Waals surface area contributed by atoms with Crippen LogP contribution in [0.2, 0.25) is 0 Å². The Morgan fingerprint density at radius 2 is 0.877 bits per heavy atom. The number of ketones is 1. The number of hydrogen-bond acceptors (Lipinski definition) is 10. The van der Waals surface area contributed by atoms with Gasteiger partial charge in [0.05, 0.1) is 38.6 Å². The second kappa shape index (κ2) is 25.5. The van der Waals surface area contributed by atoms with Crippen LogP contribution in [0.4, 0.5) is 0 Å². The molecular formula is C63H58O10. The first-order valence-electron chi connectivity index (χ1n) is 24.4. The normalized spacial score (nSPS) is 17.6. The zero-order valence-electron chi connectivity index (χ0n) is 40.4. The van der Waals surface area contributed by atoms with Gasteiger partial charge in [-0.15, -0.1) is 0 Å². The lowest BCUT2D eigenvalue weighted by Gasteiger charge is -2.46. The standard InChI is InChI=1S/C63H58O10/c64-52-34-31-45(32-35-52)33-36-53(65)57-54(68-39-47-21-9-2-10-22-47)37-55(69-40-48-23-11-3-12-24-48)58(59(57)66)61-63(72-43-51-29-17-6-18-30-51)62(71-42-50-27-15-5-16-28-50)60(70-41-49-25-13-4-14-26-49)56(73-61)44-67-38-46-19-7-1-8-20-46/h1-37,56,60-64,66H,38-44H2/b36-33+/t56-,60-,61+,62+,63+/m1/s1. The van der Waals surface area contributed by atoms with E-state index in [0.717, 1.165) is 33.4 Å². The number of phenolic OH excluding ortho intramolecular Hbond substituents is 2. The number of ether oxygens (including phenoxy) is 7. The first kappa shape index (κ1) is 50.1. The Kier molecular flexibility index (Phi) is 17.5. The molecule has 1 heterocycles. The maximum atomic E-state index is 14.8. The summed E-state index contributed by atoms with van der Waals surface area (Å²) in [7, 11) is 0. The van der Waals surface area contributed by atoms with Crippen molar-refractivity contribution in [3.63, 3.8) is 0 Å². The van der Waals surface area contributed by atoms with Gasteiger partial charge in [-0.3, -0.25) is 4.79 Å². The molecule has 1 aliphatic heterocycles. The summed E-state index contributed by atoms with van der Waals surface area (Å²) >= 11 is 0. The molecule has 0 spiro atoms. The molecule has 0 unspecified atom stereocenters. The predicted molar refractivity (Wildman–Crippen MR) is 280 cm³/mol. The molecule has 0 saturated carbocycles. The van der Waals surface area contributed by atoms with Gasteiger partial charge < -0.3 is 43.4 Å². The van der Waals surface area contributed by atoms with Crippen molar-refractivity contribution in [2.75, 3.05) is 6.61 Å². The maximum absolute atomic E-state index is 14.8.